The van der Waals surface area contributed by atoms with Gasteiger partial charge in [-0.15, -0.1) is 0 Å². The van der Waals surface area contributed by atoms with Crippen molar-refractivity contribution < 1.29 is 8.78 Å². The summed E-state index contributed by atoms with van der Waals surface area (Å²) in [6.45, 7) is 0.618. The molecule has 0 saturated carbocycles. The van der Waals surface area contributed by atoms with Crippen LogP contribution in [0.15, 0.2) is 12.4 Å². The van der Waals surface area contributed by atoms with E-state index in [2.05, 4.69) is 9.97 Å². The molecule has 0 bridgehead atoms. The molecule has 0 aromatic carbocycles. The highest BCUT2D eigenvalue weighted by Crippen LogP contribution is 2.29. The number of halogens is 2. The monoisotopic (exact) mass is 214 g/mol. The van der Waals surface area contributed by atoms with Crippen LogP contribution in [-0.4, -0.2) is 29.0 Å². The van der Waals surface area contributed by atoms with E-state index in [0.29, 0.717) is 24.7 Å². The Morgan fingerprint density at radius 3 is 2.53 bits per heavy atom. The molecular weight excluding hydrogens is 202 g/mol. The van der Waals surface area contributed by atoms with Gasteiger partial charge in [0.15, 0.2) is 0 Å². The zero-order valence-corrected chi connectivity index (χ0v) is 8.16. The van der Waals surface area contributed by atoms with E-state index < -0.39 is 5.92 Å². The van der Waals surface area contributed by atoms with Crippen molar-refractivity contribution in [3.05, 3.63) is 12.4 Å². The van der Waals surface area contributed by atoms with E-state index in [1.807, 2.05) is 0 Å². The highest BCUT2D eigenvalue weighted by atomic mass is 19.3. The fraction of sp³-hybridized carbons (Fsp3) is 0.556. The number of nitrogens with zero attached hydrogens (tertiary/aromatic N) is 3. The number of hydrogen-bond donors (Lipinski definition) is 1. The van der Waals surface area contributed by atoms with Crippen molar-refractivity contribution in [2.75, 3.05) is 23.7 Å². The third-order valence-electron chi connectivity index (χ3n) is 2.49. The molecule has 82 valence electrons. The van der Waals surface area contributed by atoms with Crippen molar-refractivity contribution in [1.82, 2.24) is 9.97 Å². The third kappa shape index (κ3) is 2.31. The molecule has 0 amide bonds. The van der Waals surface area contributed by atoms with Gasteiger partial charge in [-0.1, -0.05) is 0 Å². The first-order valence-corrected chi connectivity index (χ1v) is 4.77. The number of nitrogens with two attached hydrogens (primary N) is 1. The number of anilines is 2. The maximum absolute atomic E-state index is 12.9. The van der Waals surface area contributed by atoms with Crippen molar-refractivity contribution in [1.29, 1.82) is 0 Å². The molecule has 1 saturated heterocycles. The first-order chi connectivity index (χ1) is 7.07. The lowest BCUT2D eigenvalue weighted by Crippen LogP contribution is -2.39. The summed E-state index contributed by atoms with van der Waals surface area (Å²) in [5, 5.41) is 0. The highest BCUT2D eigenvalue weighted by Gasteiger charge is 2.34. The molecule has 15 heavy (non-hydrogen) atoms. The molecule has 0 spiro atoms. The zero-order chi connectivity index (χ0) is 10.9. The summed E-state index contributed by atoms with van der Waals surface area (Å²) in [5.41, 5.74) is 5.49. The largest absolute Gasteiger partial charge is 0.384 e. The van der Waals surface area contributed by atoms with Gasteiger partial charge in [-0.3, -0.25) is 0 Å². The van der Waals surface area contributed by atoms with Crippen LogP contribution in [-0.2, 0) is 0 Å². The van der Waals surface area contributed by atoms with Gasteiger partial charge in [0, 0.05) is 32.0 Å². The van der Waals surface area contributed by atoms with Gasteiger partial charge in [-0.05, 0) is 0 Å². The molecule has 6 heteroatoms. The molecule has 0 aliphatic carbocycles. The topological polar surface area (TPSA) is 55.0 Å². The number of alkyl halides is 2. The lowest BCUT2D eigenvalue weighted by molar-refractivity contribution is -0.0221. The van der Waals surface area contributed by atoms with Crippen molar-refractivity contribution in [2.24, 2.45) is 0 Å². The SMILES string of the molecule is Nc1cc(N2CCC(F)(F)CC2)ncn1. The van der Waals surface area contributed by atoms with E-state index in [4.69, 9.17) is 5.73 Å². The minimum absolute atomic E-state index is 0.128. The molecular formula is C9H12F2N4. The second-order valence-electron chi connectivity index (χ2n) is 3.64. The van der Waals surface area contributed by atoms with Crippen LogP contribution >= 0.6 is 0 Å². The quantitative estimate of drug-likeness (QED) is 0.765. The Balaban J connectivity index is 2.08. The fourth-order valence-corrected chi connectivity index (χ4v) is 1.60. The molecule has 2 rings (SSSR count). The van der Waals surface area contributed by atoms with E-state index in [1.165, 1.54) is 6.33 Å². The van der Waals surface area contributed by atoms with Crippen LogP contribution in [0.4, 0.5) is 20.4 Å². The van der Waals surface area contributed by atoms with E-state index in [-0.39, 0.29) is 12.8 Å². The summed E-state index contributed by atoms with van der Waals surface area (Å²) in [7, 11) is 0. The van der Waals surface area contributed by atoms with Gasteiger partial charge in [0.2, 0.25) is 0 Å². The van der Waals surface area contributed by atoms with Gasteiger partial charge in [-0.2, -0.15) is 0 Å². The summed E-state index contributed by atoms with van der Waals surface area (Å²) in [6.07, 6.45) is 1.09. The highest BCUT2D eigenvalue weighted by molar-refractivity contribution is 5.46. The van der Waals surface area contributed by atoms with Gasteiger partial charge >= 0.3 is 0 Å². The summed E-state index contributed by atoms with van der Waals surface area (Å²) in [6, 6.07) is 1.60. The molecule has 4 nitrogen and oxygen atoms in total. The van der Waals surface area contributed by atoms with E-state index in [1.54, 1.807) is 11.0 Å². The summed E-state index contributed by atoms with van der Waals surface area (Å²) in [4.78, 5) is 9.56. The van der Waals surface area contributed by atoms with Crippen molar-refractivity contribution in [3.8, 4) is 0 Å². The van der Waals surface area contributed by atoms with Crippen LogP contribution in [0.25, 0.3) is 0 Å². The van der Waals surface area contributed by atoms with Crippen molar-refractivity contribution >= 4 is 11.6 Å². The van der Waals surface area contributed by atoms with Gasteiger partial charge in [0.25, 0.3) is 5.92 Å². The van der Waals surface area contributed by atoms with E-state index in [0.717, 1.165) is 0 Å². The average Bonchev–Trinajstić information content (AvgIpc) is 2.17. The van der Waals surface area contributed by atoms with Crippen molar-refractivity contribution in [2.45, 2.75) is 18.8 Å². The number of piperidine rings is 1. The maximum Gasteiger partial charge on any atom is 0.251 e. The van der Waals surface area contributed by atoms with Crippen molar-refractivity contribution in [3.63, 3.8) is 0 Å². The predicted molar refractivity (Wildman–Crippen MR) is 52.8 cm³/mol. The first kappa shape index (κ1) is 10.1. The molecule has 2 N–H and O–H groups in total. The lowest BCUT2D eigenvalue weighted by Gasteiger charge is -2.32. The molecule has 0 atom stereocenters. The molecule has 1 aromatic heterocycles. The second kappa shape index (κ2) is 3.60. The summed E-state index contributed by atoms with van der Waals surface area (Å²) < 4.78 is 25.8. The Kier molecular flexibility index (Phi) is 2.42. The molecule has 1 aliphatic rings. The fourth-order valence-electron chi connectivity index (χ4n) is 1.60. The van der Waals surface area contributed by atoms with E-state index >= 15 is 0 Å². The number of hydrogen-bond acceptors (Lipinski definition) is 4. The van der Waals surface area contributed by atoms with E-state index in [9.17, 15) is 8.78 Å². The van der Waals surface area contributed by atoms with Crippen LogP contribution in [0, 0.1) is 0 Å². The van der Waals surface area contributed by atoms with Crippen LogP contribution in [0.1, 0.15) is 12.8 Å². The summed E-state index contributed by atoms with van der Waals surface area (Å²) >= 11 is 0. The van der Waals surface area contributed by atoms with Gasteiger partial charge in [-0.25, -0.2) is 18.7 Å². The normalized spacial score (nSPS) is 20.3. The van der Waals surface area contributed by atoms with Gasteiger partial charge < -0.3 is 10.6 Å². The Hall–Kier alpha value is -1.46. The third-order valence-corrected chi connectivity index (χ3v) is 2.49. The predicted octanol–water partition coefficient (Wildman–Crippen LogP) is 1.29. The summed E-state index contributed by atoms with van der Waals surface area (Å²) in [5.74, 6) is -1.55. The smallest absolute Gasteiger partial charge is 0.251 e. The van der Waals surface area contributed by atoms with Crippen LogP contribution in [0.3, 0.4) is 0 Å². The molecule has 1 aliphatic heterocycles. The minimum Gasteiger partial charge on any atom is -0.384 e. The average molecular weight is 214 g/mol. The number of aromatic nitrogens is 2. The zero-order valence-electron chi connectivity index (χ0n) is 8.16. The molecule has 1 fully saturated rings. The standard InChI is InChI=1S/C9H12F2N4/c10-9(11)1-3-15(4-2-9)8-5-7(12)13-6-14-8/h5-6H,1-4H2,(H2,12,13,14). The first-order valence-electron chi connectivity index (χ1n) is 4.77. The van der Waals surface area contributed by atoms with Crippen LogP contribution in [0.5, 0.6) is 0 Å². The van der Waals surface area contributed by atoms with Gasteiger partial charge in [0.05, 0.1) is 0 Å². The lowest BCUT2D eigenvalue weighted by atomic mass is 10.1. The molecule has 0 radical (unpaired) electrons. The maximum atomic E-state index is 12.9. The van der Waals surface area contributed by atoms with Crippen LogP contribution in [0.2, 0.25) is 0 Å². The van der Waals surface area contributed by atoms with Gasteiger partial charge in [0.1, 0.15) is 18.0 Å². The Bertz CT molecular complexity index is 346. The Morgan fingerprint density at radius 2 is 1.93 bits per heavy atom. The molecule has 0 unspecified atom stereocenters. The molecule has 2 heterocycles. The number of rotatable bonds is 1. The Labute approximate surface area is 86.1 Å². The number of nitrogen functional groups attached to an aromatic ring is 1. The molecule has 1 aromatic rings. The minimum atomic E-state index is -2.53. The second-order valence-corrected chi connectivity index (χ2v) is 3.64. The Morgan fingerprint density at radius 1 is 1.27 bits per heavy atom. The van der Waals surface area contributed by atoms with Crippen LogP contribution < -0.4 is 10.6 Å².